The Hall–Kier alpha value is -2.78. The highest BCUT2D eigenvalue weighted by Gasteiger charge is 2.31. The second-order valence-electron chi connectivity index (χ2n) is 7.47. The molecule has 0 radical (unpaired) electrons. The molecule has 0 saturated carbocycles. The Morgan fingerprint density at radius 2 is 2.00 bits per heavy atom. The van der Waals surface area contributed by atoms with Crippen molar-refractivity contribution in [2.24, 2.45) is 4.99 Å². The smallest absolute Gasteiger partial charge is 0.263 e. The molecule has 2 aliphatic heterocycles. The summed E-state index contributed by atoms with van der Waals surface area (Å²) in [6.45, 7) is 1.22. The fourth-order valence-corrected chi connectivity index (χ4v) is 6.31. The number of carbonyl (C=O) groups is 1. The Labute approximate surface area is 178 Å². The second kappa shape index (κ2) is 7.48. The van der Waals surface area contributed by atoms with E-state index in [1.807, 2.05) is 23.1 Å². The molecule has 3 aromatic rings. The number of nitrogens with one attached hydrogen (secondary N) is 1. The number of piperidine rings is 1. The third-order valence-electron chi connectivity index (χ3n) is 5.47. The van der Waals surface area contributed by atoms with Gasteiger partial charge >= 0.3 is 0 Å². The summed E-state index contributed by atoms with van der Waals surface area (Å²) >= 11 is 1.69. The first-order valence-corrected chi connectivity index (χ1v) is 12.1. The molecule has 154 valence electrons. The quantitative estimate of drug-likeness (QED) is 0.678. The number of hydrogen-bond acceptors (Lipinski definition) is 6. The summed E-state index contributed by atoms with van der Waals surface area (Å²) in [6.07, 6.45) is 1.92. The van der Waals surface area contributed by atoms with Gasteiger partial charge in [0.05, 0.1) is 20.1 Å². The van der Waals surface area contributed by atoms with Crippen LogP contribution in [-0.2, 0) is 14.8 Å². The summed E-state index contributed by atoms with van der Waals surface area (Å²) in [5.74, 6) is 0.356. The topological polar surface area (TPSA) is 91.7 Å². The molecule has 0 bridgehead atoms. The molecule has 0 unspecified atom stereocenters. The van der Waals surface area contributed by atoms with E-state index in [0.29, 0.717) is 18.7 Å². The van der Waals surface area contributed by atoms with Gasteiger partial charge in [-0.1, -0.05) is 24.3 Å². The Bertz CT molecular complexity index is 1230. The molecule has 2 aliphatic rings. The van der Waals surface area contributed by atoms with Crippen molar-refractivity contribution in [1.29, 1.82) is 0 Å². The van der Waals surface area contributed by atoms with Crippen molar-refractivity contribution in [3.8, 4) is 0 Å². The van der Waals surface area contributed by atoms with E-state index >= 15 is 0 Å². The Kier molecular flexibility index (Phi) is 4.79. The Balaban J connectivity index is 1.30. The van der Waals surface area contributed by atoms with Gasteiger partial charge in [0, 0.05) is 24.6 Å². The summed E-state index contributed by atoms with van der Waals surface area (Å²) in [4.78, 5) is 23.9. The van der Waals surface area contributed by atoms with Crippen LogP contribution in [0.4, 0.5) is 0 Å². The molecule has 3 heterocycles. The molecule has 1 aromatic heterocycles. The van der Waals surface area contributed by atoms with E-state index < -0.39 is 10.0 Å². The predicted molar refractivity (Wildman–Crippen MR) is 116 cm³/mol. The number of fused-ring (bicyclic) bond motifs is 2. The molecule has 0 spiro atoms. The van der Waals surface area contributed by atoms with E-state index in [1.165, 1.54) is 6.07 Å². The first-order chi connectivity index (χ1) is 14.5. The van der Waals surface area contributed by atoms with Gasteiger partial charge in [0.15, 0.2) is 0 Å². The molecule has 2 aromatic carbocycles. The van der Waals surface area contributed by atoms with Crippen molar-refractivity contribution in [3.05, 3.63) is 59.1 Å². The van der Waals surface area contributed by atoms with Gasteiger partial charge in [0.2, 0.25) is 5.91 Å². The van der Waals surface area contributed by atoms with Crippen molar-refractivity contribution in [2.45, 2.75) is 23.7 Å². The SMILES string of the molecule is O=C(CN=C1NS(=O)(=O)c2ccccc21)N1CCC[C@H](c2nc3ccccc3s2)C1. The van der Waals surface area contributed by atoms with Crippen LogP contribution < -0.4 is 4.72 Å². The highest BCUT2D eigenvalue weighted by molar-refractivity contribution is 7.90. The van der Waals surface area contributed by atoms with Crippen molar-refractivity contribution < 1.29 is 13.2 Å². The summed E-state index contributed by atoms with van der Waals surface area (Å²) in [5, 5.41) is 1.07. The second-order valence-corrected chi connectivity index (χ2v) is 10.2. The lowest BCUT2D eigenvalue weighted by atomic mass is 9.98. The van der Waals surface area contributed by atoms with Crippen LogP contribution in [0, 0.1) is 0 Å². The largest absolute Gasteiger partial charge is 0.340 e. The van der Waals surface area contributed by atoms with E-state index in [1.54, 1.807) is 29.5 Å². The molecular formula is C21H20N4O3S2. The Morgan fingerprint density at radius 3 is 2.87 bits per heavy atom. The molecule has 1 amide bonds. The van der Waals surface area contributed by atoms with Gasteiger partial charge in [-0.25, -0.2) is 13.4 Å². The van der Waals surface area contributed by atoms with Gasteiger partial charge in [-0.2, -0.15) is 0 Å². The zero-order chi connectivity index (χ0) is 20.7. The van der Waals surface area contributed by atoms with Gasteiger partial charge in [-0.3, -0.25) is 14.5 Å². The van der Waals surface area contributed by atoms with Crippen LogP contribution in [0.15, 0.2) is 58.4 Å². The van der Waals surface area contributed by atoms with Gasteiger partial charge in [0.1, 0.15) is 12.4 Å². The van der Waals surface area contributed by atoms with Crippen LogP contribution in [-0.4, -0.2) is 49.7 Å². The van der Waals surface area contributed by atoms with Crippen LogP contribution in [0.3, 0.4) is 0 Å². The number of benzene rings is 2. The van der Waals surface area contributed by atoms with E-state index in [-0.39, 0.29) is 29.1 Å². The normalized spacial score (nSPS) is 21.5. The number of para-hydroxylation sites is 1. The van der Waals surface area contributed by atoms with Crippen LogP contribution in [0.1, 0.15) is 29.3 Å². The van der Waals surface area contributed by atoms with Crippen molar-refractivity contribution in [2.75, 3.05) is 19.6 Å². The lowest BCUT2D eigenvalue weighted by Crippen LogP contribution is -2.40. The average Bonchev–Trinajstić information content (AvgIpc) is 3.31. The van der Waals surface area contributed by atoms with Crippen LogP contribution in [0.2, 0.25) is 0 Å². The van der Waals surface area contributed by atoms with E-state index in [2.05, 4.69) is 15.8 Å². The summed E-state index contributed by atoms with van der Waals surface area (Å²) < 4.78 is 28.0. The molecule has 1 N–H and O–H groups in total. The first kappa shape index (κ1) is 19.2. The number of rotatable bonds is 3. The maximum atomic E-state index is 12.8. The van der Waals surface area contributed by atoms with Crippen molar-refractivity contribution >= 4 is 43.3 Å². The fraction of sp³-hybridized carbons (Fsp3) is 0.286. The Morgan fingerprint density at radius 1 is 1.20 bits per heavy atom. The van der Waals surface area contributed by atoms with E-state index in [0.717, 1.165) is 28.1 Å². The number of sulfonamides is 1. The minimum atomic E-state index is -3.60. The summed E-state index contributed by atoms with van der Waals surface area (Å²) in [6, 6.07) is 14.7. The highest BCUT2D eigenvalue weighted by Crippen LogP contribution is 2.33. The molecule has 9 heteroatoms. The number of carbonyl (C=O) groups excluding carboxylic acids is 1. The molecule has 1 atom stereocenters. The molecule has 1 fully saturated rings. The number of aliphatic imine (C=N–C) groups is 1. The first-order valence-electron chi connectivity index (χ1n) is 9.81. The van der Waals surface area contributed by atoms with E-state index in [4.69, 9.17) is 4.98 Å². The third kappa shape index (κ3) is 3.48. The van der Waals surface area contributed by atoms with E-state index in [9.17, 15) is 13.2 Å². The lowest BCUT2D eigenvalue weighted by molar-refractivity contribution is -0.130. The number of hydrogen-bond donors (Lipinski definition) is 1. The number of amides is 1. The third-order valence-corrected chi connectivity index (χ3v) is 8.06. The molecule has 0 aliphatic carbocycles. The van der Waals surface area contributed by atoms with Crippen LogP contribution >= 0.6 is 11.3 Å². The van der Waals surface area contributed by atoms with Gasteiger partial charge in [-0.15, -0.1) is 11.3 Å². The number of aromatic nitrogens is 1. The van der Waals surface area contributed by atoms with Gasteiger partial charge in [-0.05, 0) is 37.1 Å². The van der Waals surface area contributed by atoms with Gasteiger partial charge in [0.25, 0.3) is 10.0 Å². The fourth-order valence-electron chi connectivity index (χ4n) is 3.97. The molecular weight excluding hydrogens is 420 g/mol. The minimum Gasteiger partial charge on any atom is -0.340 e. The number of nitrogens with zero attached hydrogens (tertiary/aromatic N) is 3. The molecule has 30 heavy (non-hydrogen) atoms. The minimum absolute atomic E-state index is 0.0846. The van der Waals surface area contributed by atoms with Gasteiger partial charge < -0.3 is 4.90 Å². The summed E-state index contributed by atoms with van der Waals surface area (Å²) in [5.41, 5.74) is 1.51. The molecule has 7 nitrogen and oxygen atoms in total. The summed E-state index contributed by atoms with van der Waals surface area (Å²) in [7, 11) is -3.60. The van der Waals surface area contributed by atoms with Crippen molar-refractivity contribution in [1.82, 2.24) is 14.6 Å². The molecule has 1 saturated heterocycles. The maximum absolute atomic E-state index is 12.8. The monoisotopic (exact) mass is 440 g/mol. The standard InChI is InChI=1S/C21H20N4O3S2/c26-19(12-22-20-15-7-1-4-10-18(15)30(27,28)24-20)25-11-5-6-14(13-25)21-23-16-8-2-3-9-17(16)29-21/h1-4,7-10,14H,5-6,11-13H2,(H,22,24)/t14-/m0/s1. The number of thiazole rings is 1. The maximum Gasteiger partial charge on any atom is 0.263 e. The zero-order valence-electron chi connectivity index (χ0n) is 16.1. The van der Waals surface area contributed by atoms with Crippen LogP contribution in [0.25, 0.3) is 10.2 Å². The number of amidine groups is 1. The van der Waals surface area contributed by atoms with Crippen molar-refractivity contribution in [3.63, 3.8) is 0 Å². The molecule has 5 rings (SSSR count). The average molecular weight is 441 g/mol. The highest BCUT2D eigenvalue weighted by atomic mass is 32.2. The zero-order valence-corrected chi connectivity index (χ0v) is 17.7. The van der Waals surface area contributed by atoms with Crippen LogP contribution in [0.5, 0.6) is 0 Å². The lowest BCUT2D eigenvalue weighted by Gasteiger charge is -2.31. The predicted octanol–water partition coefficient (Wildman–Crippen LogP) is 2.74. The number of likely N-dealkylation sites (tertiary alicyclic amines) is 1.